The van der Waals surface area contributed by atoms with Crippen molar-refractivity contribution in [1.29, 1.82) is 0 Å². The van der Waals surface area contributed by atoms with Gasteiger partial charge < -0.3 is 15.4 Å². The molecule has 20 heavy (non-hydrogen) atoms. The lowest BCUT2D eigenvalue weighted by atomic mass is 10.1. The second-order valence-corrected chi connectivity index (χ2v) is 5.24. The molecule has 1 unspecified atom stereocenters. The Morgan fingerprint density at radius 2 is 2.30 bits per heavy atom. The van der Waals surface area contributed by atoms with E-state index in [4.69, 9.17) is 4.74 Å². The molecule has 4 nitrogen and oxygen atoms in total. The van der Waals surface area contributed by atoms with Gasteiger partial charge in [-0.15, -0.1) is 0 Å². The number of nitrogens with one attached hydrogen (secondary N) is 2. The number of benzene rings is 1. The summed E-state index contributed by atoms with van der Waals surface area (Å²) in [6.07, 6.45) is 4.80. The first-order chi connectivity index (χ1) is 9.79. The summed E-state index contributed by atoms with van der Waals surface area (Å²) in [4.78, 5) is 11.8. The molecular formula is C16H24N2O2. The van der Waals surface area contributed by atoms with Crippen LogP contribution in [0.3, 0.4) is 0 Å². The largest absolute Gasteiger partial charge is 0.496 e. The lowest BCUT2D eigenvalue weighted by Crippen LogP contribution is -2.28. The van der Waals surface area contributed by atoms with Crippen LogP contribution in [0.4, 0.5) is 0 Å². The molecule has 1 fully saturated rings. The Labute approximate surface area is 120 Å². The van der Waals surface area contributed by atoms with Gasteiger partial charge in [-0.1, -0.05) is 18.2 Å². The summed E-state index contributed by atoms with van der Waals surface area (Å²) in [5.74, 6) is 1.03. The Hall–Kier alpha value is -1.55. The number of carbonyl (C=O) groups is 1. The van der Waals surface area contributed by atoms with Gasteiger partial charge in [-0.05, 0) is 43.9 Å². The fraction of sp³-hybridized carbons (Fsp3) is 0.562. The van der Waals surface area contributed by atoms with Crippen LogP contribution in [-0.4, -0.2) is 32.1 Å². The molecule has 1 aliphatic heterocycles. The van der Waals surface area contributed by atoms with Crippen molar-refractivity contribution >= 4 is 5.91 Å². The van der Waals surface area contributed by atoms with Gasteiger partial charge in [0, 0.05) is 19.0 Å². The normalized spacial score (nSPS) is 17.9. The van der Waals surface area contributed by atoms with Gasteiger partial charge in [0.15, 0.2) is 0 Å². The standard InChI is InChI=1S/C16H24N2O2/c1-20-15-7-3-2-5-13(15)10-12-18-16(19)9-8-14-6-4-11-17-14/h2-3,5,7,14,17H,4,6,8-12H2,1H3,(H,18,19). The summed E-state index contributed by atoms with van der Waals surface area (Å²) >= 11 is 0. The Bertz CT molecular complexity index is 428. The zero-order valence-electron chi connectivity index (χ0n) is 12.2. The molecule has 1 aromatic carbocycles. The summed E-state index contributed by atoms with van der Waals surface area (Å²) < 4.78 is 5.30. The molecule has 2 N–H and O–H groups in total. The van der Waals surface area contributed by atoms with Gasteiger partial charge in [-0.2, -0.15) is 0 Å². The highest BCUT2D eigenvalue weighted by atomic mass is 16.5. The highest BCUT2D eigenvalue weighted by Gasteiger charge is 2.15. The second-order valence-electron chi connectivity index (χ2n) is 5.24. The third kappa shape index (κ3) is 4.53. The Morgan fingerprint density at radius 1 is 1.45 bits per heavy atom. The van der Waals surface area contributed by atoms with Crippen molar-refractivity contribution < 1.29 is 9.53 Å². The van der Waals surface area contributed by atoms with E-state index in [0.29, 0.717) is 19.0 Å². The van der Waals surface area contributed by atoms with Crippen LogP contribution in [0.2, 0.25) is 0 Å². The maximum Gasteiger partial charge on any atom is 0.220 e. The van der Waals surface area contributed by atoms with E-state index in [-0.39, 0.29) is 5.91 Å². The monoisotopic (exact) mass is 276 g/mol. The van der Waals surface area contributed by atoms with Crippen molar-refractivity contribution in [3.63, 3.8) is 0 Å². The topological polar surface area (TPSA) is 50.4 Å². The second kappa shape index (κ2) is 7.90. The molecule has 0 bridgehead atoms. The molecule has 1 heterocycles. The van der Waals surface area contributed by atoms with Crippen LogP contribution in [0.25, 0.3) is 0 Å². The number of hydrogen-bond acceptors (Lipinski definition) is 3. The number of amides is 1. The molecule has 1 aliphatic rings. The fourth-order valence-electron chi connectivity index (χ4n) is 2.64. The predicted octanol–water partition coefficient (Wildman–Crippen LogP) is 1.89. The van der Waals surface area contributed by atoms with E-state index in [1.54, 1.807) is 7.11 Å². The molecule has 4 heteroatoms. The van der Waals surface area contributed by atoms with Gasteiger partial charge in [0.1, 0.15) is 5.75 Å². The van der Waals surface area contributed by atoms with Crippen LogP contribution in [0, 0.1) is 0 Å². The van der Waals surface area contributed by atoms with E-state index in [9.17, 15) is 4.79 Å². The third-order valence-electron chi connectivity index (χ3n) is 3.79. The molecule has 1 amide bonds. The SMILES string of the molecule is COc1ccccc1CCNC(=O)CCC1CCCN1. The van der Waals surface area contributed by atoms with E-state index < -0.39 is 0 Å². The van der Waals surface area contributed by atoms with Crippen LogP contribution in [0.15, 0.2) is 24.3 Å². The van der Waals surface area contributed by atoms with Crippen LogP contribution >= 0.6 is 0 Å². The van der Waals surface area contributed by atoms with Crippen LogP contribution in [0.5, 0.6) is 5.75 Å². The van der Waals surface area contributed by atoms with Crippen molar-refractivity contribution in [2.45, 2.75) is 38.1 Å². The summed E-state index contributed by atoms with van der Waals surface area (Å²) in [6.45, 7) is 1.76. The number of rotatable bonds is 7. The van der Waals surface area contributed by atoms with Gasteiger partial charge in [0.05, 0.1) is 7.11 Å². The molecule has 110 valence electrons. The molecular weight excluding hydrogens is 252 g/mol. The molecule has 0 spiro atoms. The zero-order chi connectivity index (χ0) is 14.2. The molecule has 1 aromatic rings. The highest BCUT2D eigenvalue weighted by molar-refractivity contribution is 5.75. The molecule has 0 radical (unpaired) electrons. The molecule has 0 aromatic heterocycles. The Morgan fingerprint density at radius 3 is 3.05 bits per heavy atom. The van der Waals surface area contributed by atoms with Crippen LogP contribution < -0.4 is 15.4 Å². The number of hydrogen-bond donors (Lipinski definition) is 2. The zero-order valence-corrected chi connectivity index (χ0v) is 12.2. The lowest BCUT2D eigenvalue weighted by Gasteiger charge is -2.11. The van der Waals surface area contributed by atoms with Gasteiger partial charge in [-0.25, -0.2) is 0 Å². The summed E-state index contributed by atoms with van der Waals surface area (Å²) in [6, 6.07) is 8.46. The van der Waals surface area contributed by atoms with Crippen LogP contribution in [0.1, 0.15) is 31.2 Å². The molecule has 1 saturated heterocycles. The average molecular weight is 276 g/mol. The van der Waals surface area contributed by atoms with E-state index in [0.717, 1.165) is 30.7 Å². The Balaban J connectivity index is 1.65. The maximum absolute atomic E-state index is 11.8. The first-order valence-corrected chi connectivity index (χ1v) is 7.41. The van der Waals surface area contributed by atoms with E-state index in [1.165, 1.54) is 12.8 Å². The fourth-order valence-corrected chi connectivity index (χ4v) is 2.64. The van der Waals surface area contributed by atoms with E-state index in [1.807, 2.05) is 24.3 Å². The highest BCUT2D eigenvalue weighted by Crippen LogP contribution is 2.17. The van der Waals surface area contributed by atoms with Gasteiger partial charge in [0.2, 0.25) is 5.91 Å². The first-order valence-electron chi connectivity index (χ1n) is 7.41. The number of methoxy groups -OCH3 is 1. The summed E-state index contributed by atoms with van der Waals surface area (Å²) in [5, 5.41) is 6.40. The smallest absolute Gasteiger partial charge is 0.220 e. The Kier molecular flexibility index (Phi) is 5.87. The quantitative estimate of drug-likeness (QED) is 0.799. The number of para-hydroxylation sites is 1. The van der Waals surface area contributed by atoms with Crippen molar-refractivity contribution in [2.24, 2.45) is 0 Å². The van der Waals surface area contributed by atoms with Crippen LogP contribution in [-0.2, 0) is 11.2 Å². The maximum atomic E-state index is 11.8. The summed E-state index contributed by atoms with van der Waals surface area (Å²) in [7, 11) is 1.67. The first kappa shape index (κ1) is 14.9. The lowest BCUT2D eigenvalue weighted by molar-refractivity contribution is -0.121. The van der Waals surface area contributed by atoms with Gasteiger partial charge >= 0.3 is 0 Å². The number of ether oxygens (including phenoxy) is 1. The minimum absolute atomic E-state index is 0.147. The molecule has 0 saturated carbocycles. The molecule has 1 atom stereocenters. The van der Waals surface area contributed by atoms with E-state index >= 15 is 0 Å². The number of carbonyl (C=O) groups excluding carboxylic acids is 1. The van der Waals surface area contributed by atoms with Gasteiger partial charge in [-0.3, -0.25) is 4.79 Å². The average Bonchev–Trinajstić information content (AvgIpc) is 2.99. The van der Waals surface area contributed by atoms with Crippen molar-refractivity contribution in [3.05, 3.63) is 29.8 Å². The van der Waals surface area contributed by atoms with Crippen molar-refractivity contribution in [3.8, 4) is 5.75 Å². The molecule has 2 rings (SSSR count). The van der Waals surface area contributed by atoms with E-state index in [2.05, 4.69) is 10.6 Å². The minimum atomic E-state index is 0.147. The third-order valence-corrected chi connectivity index (χ3v) is 3.79. The molecule has 0 aliphatic carbocycles. The van der Waals surface area contributed by atoms with Gasteiger partial charge in [0.25, 0.3) is 0 Å². The van der Waals surface area contributed by atoms with Crippen molar-refractivity contribution in [2.75, 3.05) is 20.2 Å². The summed E-state index contributed by atoms with van der Waals surface area (Å²) in [5.41, 5.74) is 1.13. The van der Waals surface area contributed by atoms with Crippen molar-refractivity contribution in [1.82, 2.24) is 10.6 Å². The minimum Gasteiger partial charge on any atom is -0.496 e. The predicted molar refractivity (Wildman–Crippen MR) is 80.0 cm³/mol.